The molecule has 0 atom stereocenters. The fourth-order valence-corrected chi connectivity index (χ4v) is 4.24. The minimum atomic E-state index is -0.314. The quantitative estimate of drug-likeness (QED) is 0.275. The molecule has 1 amide bonds. The van der Waals surface area contributed by atoms with E-state index in [4.69, 9.17) is 4.98 Å². The summed E-state index contributed by atoms with van der Waals surface area (Å²) < 4.78 is 13.9. The molecule has 4 heterocycles. The molecule has 0 bridgehead atoms. The average Bonchev–Trinajstić information content (AvgIpc) is 3.52. The summed E-state index contributed by atoms with van der Waals surface area (Å²) in [5, 5.41) is 11.3. The molecule has 6 aromatic rings. The smallest absolute Gasteiger partial charge is 0.226 e. The van der Waals surface area contributed by atoms with Crippen LogP contribution in [0.3, 0.4) is 0 Å². The first kappa shape index (κ1) is 22.5. The van der Waals surface area contributed by atoms with E-state index in [2.05, 4.69) is 30.5 Å². The van der Waals surface area contributed by atoms with Crippen molar-refractivity contribution in [3.63, 3.8) is 0 Å². The van der Waals surface area contributed by atoms with E-state index in [0.29, 0.717) is 28.4 Å². The van der Waals surface area contributed by atoms with Crippen LogP contribution in [0.4, 0.5) is 10.1 Å². The first-order chi connectivity index (χ1) is 18.0. The third-order valence-corrected chi connectivity index (χ3v) is 6.17. The number of nitrogens with zero attached hydrogens (tertiary/aromatic N) is 4. The van der Waals surface area contributed by atoms with Gasteiger partial charge in [0.15, 0.2) is 11.5 Å². The second-order valence-electron chi connectivity index (χ2n) is 9.09. The van der Waals surface area contributed by atoms with Gasteiger partial charge in [0.05, 0.1) is 17.4 Å². The molecule has 37 heavy (non-hydrogen) atoms. The zero-order chi connectivity index (χ0) is 25.5. The molecule has 0 saturated heterocycles. The molecule has 0 aliphatic carbocycles. The summed E-state index contributed by atoms with van der Waals surface area (Å²) in [6, 6.07) is 16.0. The van der Waals surface area contributed by atoms with E-state index in [1.807, 2.05) is 50.2 Å². The lowest BCUT2D eigenvalue weighted by molar-refractivity contribution is -0.118. The number of pyridine rings is 2. The molecule has 0 spiro atoms. The molecule has 8 nitrogen and oxygen atoms in total. The highest BCUT2D eigenvalue weighted by atomic mass is 19.1. The lowest BCUT2D eigenvalue weighted by atomic mass is 10.0. The number of halogens is 1. The number of benzene rings is 2. The summed E-state index contributed by atoms with van der Waals surface area (Å²) in [5.41, 5.74) is 6.60. The average molecular weight is 492 g/mol. The monoisotopic (exact) mass is 491 g/mol. The molecule has 3 N–H and O–H groups in total. The molecular weight excluding hydrogens is 469 g/mol. The van der Waals surface area contributed by atoms with Crippen LogP contribution in [0.2, 0.25) is 0 Å². The fourth-order valence-electron chi connectivity index (χ4n) is 4.24. The van der Waals surface area contributed by atoms with E-state index in [1.165, 1.54) is 12.1 Å². The van der Waals surface area contributed by atoms with Crippen LogP contribution in [0.5, 0.6) is 0 Å². The van der Waals surface area contributed by atoms with Crippen LogP contribution in [0.1, 0.15) is 13.8 Å². The fraction of sp³-hybridized carbons (Fsp3) is 0.107. The summed E-state index contributed by atoms with van der Waals surface area (Å²) in [4.78, 5) is 28.9. The van der Waals surface area contributed by atoms with Crippen molar-refractivity contribution < 1.29 is 9.18 Å². The van der Waals surface area contributed by atoms with Gasteiger partial charge in [-0.1, -0.05) is 32.0 Å². The second kappa shape index (κ2) is 8.94. The molecule has 0 aliphatic rings. The van der Waals surface area contributed by atoms with Gasteiger partial charge in [-0.25, -0.2) is 14.4 Å². The van der Waals surface area contributed by atoms with Crippen molar-refractivity contribution >= 4 is 33.7 Å². The van der Waals surface area contributed by atoms with Gasteiger partial charge in [-0.2, -0.15) is 5.10 Å². The predicted octanol–water partition coefficient (Wildman–Crippen LogP) is 5.96. The van der Waals surface area contributed by atoms with Gasteiger partial charge in [0, 0.05) is 34.8 Å². The number of imidazole rings is 1. The van der Waals surface area contributed by atoms with E-state index in [9.17, 15) is 9.18 Å². The maximum absolute atomic E-state index is 13.9. The van der Waals surface area contributed by atoms with E-state index >= 15 is 0 Å². The Balaban J connectivity index is 1.41. The Morgan fingerprint density at radius 3 is 2.73 bits per heavy atom. The Morgan fingerprint density at radius 1 is 1.00 bits per heavy atom. The van der Waals surface area contributed by atoms with Crippen molar-refractivity contribution in [1.82, 2.24) is 30.1 Å². The Hall–Kier alpha value is -4.92. The van der Waals surface area contributed by atoms with E-state index in [1.54, 1.807) is 24.7 Å². The van der Waals surface area contributed by atoms with Crippen molar-refractivity contribution in [2.45, 2.75) is 13.8 Å². The Bertz CT molecular complexity index is 1790. The highest BCUT2D eigenvalue weighted by Crippen LogP contribution is 2.33. The number of carbonyl (C=O) groups excluding carboxylic acids is 1. The Labute approximate surface area is 211 Å². The summed E-state index contributed by atoms with van der Waals surface area (Å²) >= 11 is 0. The number of hydrogen-bond acceptors (Lipinski definition) is 5. The number of nitrogens with one attached hydrogen (secondary N) is 3. The normalized spacial score (nSPS) is 11.5. The number of aromatic nitrogens is 6. The molecule has 0 saturated carbocycles. The molecule has 0 unspecified atom stereocenters. The van der Waals surface area contributed by atoms with Crippen LogP contribution in [0, 0.1) is 11.7 Å². The van der Waals surface area contributed by atoms with Crippen LogP contribution in [0.15, 0.2) is 73.2 Å². The van der Waals surface area contributed by atoms with Gasteiger partial charge in [-0.3, -0.25) is 14.9 Å². The predicted molar refractivity (Wildman–Crippen MR) is 141 cm³/mol. The molecule has 182 valence electrons. The molecule has 0 radical (unpaired) electrons. The Kier molecular flexibility index (Phi) is 5.45. The van der Waals surface area contributed by atoms with Crippen molar-refractivity contribution in [2.75, 3.05) is 5.32 Å². The van der Waals surface area contributed by atoms with E-state index in [0.717, 1.165) is 33.2 Å². The van der Waals surface area contributed by atoms with Crippen LogP contribution >= 0.6 is 0 Å². The Morgan fingerprint density at radius 2 is 1.89 bits per heavy atom. The van der Waals surface area contributed by atoms with Gasteiger partial charge in [-0.15, -0.1) is 0 Å². The van der Waals surface area contributed by atoms with Crippen LogP contribution in [0.25, 0.3) is 55.8 Å². The third-order valence-electron chi connectivity index (χ3n) is 6.17. The second-order valence-corrected chi connectivity index (χ2v) is 9.09. The number of carbonyl (C=O) groups is 1. The van der Waals surface area contributed by atoms with Crippen LogP contribution < -0.4 is 5.32 Å². The van der Waals surface area contributed by atoms with Crippen molar-refractivity contribution in [3.8, 4) is 33.8 Å². The zero-order valence-corrected chi connectivity index (χ0v) is 20.1. The SMILES string of the molecule is CC(C)C(=O)Nc1cncc(-c2ccc3[nH]nc(-c4nc5c(-c6cccc(F)c6)ccnc5[nH]4)c3c2)c1. The lowest BCUT2D eigenvalue weighted by Crippen LogP contribution is -2.17. The van der Waals surface area contributed by atoms with E-state index in [-0.39, 0.29) is 17.6 Å². The summed E-state index contributed by atoms with van der Waals surface area (Å²) in [5.74, 6) is 0.0352. The maximum Gasteiger partial charge on any atom is 0.226 e. The minimum absolute atomic E-state index is 0.0670. The molecule has 2 aromatic carbocycles. The van der Waals surface area contributed by atoms with Gasteiger partial charge in [0.1, 0.15) is 17.0 Å². The topological polar surface area (TPSA) is 112 Å². The van der Waals surface area contributed by atoms with E-state index < -0.39 is 0 Å². The largest absolute Gasteiger partial charge is 0.324 e. The molecule has 4 aromatic heterocycles. The van der Waals surface area contributed by atoms with Crippen molar-refractivity contribution in [3.05, 3.63) is 79.0 Å². The molecule has 6 rings (SSSR count). The van der Waals surface area contributed by atoms with Crippen LogP contribution in [-0.4, -0.2) is 36.0 Å². The lowest BCUT2D eigenvalue weighted by Gasteiger charge is -2.09. The summed E-state index contributed by atoms with van der Waals surface area (Å²) in [6.07, 6.45) is 5.05. The maximum atomic E-state index is 13.9. The zero-order valence-electron chi connectivity index (χ0n) is 20.1. The summed E-state index contributed by atoms with van der Waals surface area (Å²) in [7, 11) is 0. The number of H-pyrrole nitrogens is 2. The summed E-state index contributed by atoms with van der Waals surface area (Å²) in [6.45, 7) is 3.69. The third kappa shape index (κ3) is 4.20. The minimum Gasteiger partial charge on any atom is -0.324 e. The van der Waals surface area contributed by atoms with Crippen molar-refractivity contribution in [1.29, 1.82) is 0 Å². The molecular formula is C28H22FN7O. The number of fused-ring (bicyclic) bond motifs is 2. The highest BCUT2D eigenvalue weighted by molar-refractivity contribution is 5.98. The number of aromatic amines is 2. The first-order valence-corrected chi connectivity index (χ1v) is 11.8. The van der Waals surface area contributed by atoms with Gasteiger partial charge in [-0.05, 0) is 47.5 Å². The number of anilines is 1. The number of hydrogen-bond donors (Lipinski definition) is 3. The van der Waals surface area contributed by atoms with Gasteiger partial charge in [0.2, 0.25) is 5.91 Å². The van der Waals surface area contributed by atoms with Crippen LogP contribution in [-0.2, 0) is 4.79 Å². The molecule has 0 fully saturated rings. The van der Waals surface area contributed by atoms with Gasteiger partial charge >= 0.3 is 0 Å². The van der Waals surface area contributed by atoms with Gasteiger partial charge in [0.25, 0.3) is 0 Å². The van der Waals surface area contributed by atoms with Crippen molar-refractivity contribution in [2.24, 2.45) is 5.92 Å². The highest BCUT2D eigenvalue weighted by Gasteiger charge is 2.17. The molecule has 0 aliphatic heterocycles. The standard InChI is InChI=1S/C28H22FN7O/c1-15(2)28(37)32-20-11-18(13-30-14-20)16-6-7-23-22(12-16)25(36-35-23)27-33-24-21(8-9-31-26(24)34-27)17-4-3-5-19(29)10-17/h3-15H,1-2H3,(H,32,37)(H,35,36)(H,31,33,34). The first-order valence-electron chi connectivity index (χ1n) is 11.8. The number of amides is 1. The molecule has 9 heteroatoms. The van der Waals surface area contributed by atoms with Gasteiger partial charge < -0.3 is 10.3 Å². The number of rotatable bonds is 5.